The fraction of sp³-hybridized carbons (Fsp3) is 0.571. The minimum atomic E-state index is -0.297. The molecule has 0 atom stereocenters. The lowest BCUT2D eigenvalue weighted by Gasteiger charge is -2.25. The summed E-state index contributed by atoms with van der Waals surface area (Å²) in [5.41, 5.74) is 7.00. The van der Waals surface area contributed by atoms with E-state index < -0.39 is 0 Å². The highest BCUT2D eigenvalue weighted by Gasteiger charge is 2.11. The zero-order chi connectivity index (χ0) is 12.1. The third kappa shape index (κ3) is 3.43. The van der Waals surface area contributed by atoms with Crippen LogP contribution < -0.4 is 5.73 Å². The fourth-order valence-corrected chi connectivity index (χ4v) is 2.43. The molecule has 1 aliphatic heterocycles. The van der Waals surface area contributed by atoms with E-state index in [0.29, 0.717) is 5.69 Å². The highest BCUT2D eigenvalue weighted by Crippen LogP contribution is 2.19. The topological polar surface area (TPSA) is 29.3 Å². The van der Waals surface area contributed by atoms with Crippen LogP contribution in [0.15, 0.2) is 18.2 Å². The fourth-order valence-electron chi connectivity index (χ4n) is 2.43. The largest absolute Gasteiger partial charge is 0.396 e. The molecule has 2 nitrogen and oxygen atoms in total. The Hall–Kier alpha value is -1.09. The predicted octanol–water partition coefficient (Wildman–Crippen LogP) is 3.17. The van der Waals surface area contributed by atoms with Gasteiger partial charge in [0.1, 0.15) is 5.82 Å². The first-order valence-corrected chi connectivity index (χ1v) is 6.52. The molecule has 3 heteroatoms. The molecular weight excluding hydrogens is 215 g/mol. The van der Waals surface area contributed by atoms with E-state index in [1.807, 2.05) is 6.07 Å². The van der Waals surface area contributed by atoms with Gasteiger partial charge in [-0.05, 0) is 37.6 Å². The van der Waals surface area contributed by atoms with E-state index in [9.17, 15) is 4.39 Å². The molecule has 1 heterocycles. The molecule has 0 saturated carbocycles. The van der Waals surface area contributed by atoms with E-state index in [4.69, 9.17) is 5.73 Å². The van der Waals surface area contributed by atoms with Crippen molar-refractivity contribution < 1.29 is 4.39 Å². The van der Waals surface area contributed by atoms with Gasteiger partial charge in [-0.1, -0.05) is 31.4 Å². The number of halogens is 1. The van der Waals surface area contributed by atoms with Gasteiger partial charge in [-0.25, -0.2) is 4.39 Å². The van der Waals surface area contributed by atoms with Crippen LogP contribution in [0.4, 0.5) is 10.1 Å². The van der Waals surface area contributed by atoms with Crippen molar-refractivity contribution in [2.24, 2.45) is 0 Å². The lowest BCUT2D eigenvalue weighted by Crippen LogP contribution is -2.27. The average Bonchev–Trinajstić information content (AvgIpc) is 2.28. The van der Waals surface area contributed by atoms with Gasteiger partial charge in [0, 0.05) is 6.54 Å². The molecule has 2 rings (SSSR count). The van der Waals surface area contributed by atoms with E-state index >= 15 is 0 Å². The SMILES string of the molecule is Nc1c(F)cccc1CN1CCCCCCC1. The lowest BCUT2D eigenvalue weighted by molar-refractivity contribution is 0.240. The van der Waals surface area contributed by atoms with Crippen LogP contribution in [0, 0.1) is 5.82 Å². The van der Waals surface area contributed by atoms with Crippen molar-refractivity contribution in [3.05, 3.63) is 29.6 Å². The van der Waals surface area contributed by atoms with Gasteiger partial charge in [0.2, 0.25) is 0 Å². The van der Waals surface area contributed by atoms with Crippen LogP contribution in [-0.4, -0.2) is 18.0 Å². The van der Waals surface area contributed by atoms with Gasteiger partial charge in [0.25, 0.3) is 0 Å². The quantitative estimate of drug-likeness (QED) is 0.799. The minimum absolute atomic E-state index is 0.297. The maximum Gasteiger partial charge on any atom is 0.146 e. The van der Waals surface area contributed by atoms with Gasteiger partial charge in [-0.3, -0.25) is 4.90 Å². The molecule has 0 aromatic heterocycles. The van der Waals surface area contributed by atoms with Gasteiger partial charge < -0.3 is 5.73 Å². The van der Waals surface area contributed by atoms with Crippen LogP contribution in [-0.2, 0) is 6.54 Å². The zero-order valence-corrected chi connectivity index (χ0v) is 10.3. The van der Waals surface area contributed by atoms with Crippen LogP contribution >= 0.6 is 0 Å². The molecule has 94 valence electrons. The third-order valence-corrected chi connectivity index (χ3v) is 3.49. The first kappa shape index (κ1) is 12.4. The number of nitrogen functional groups attached to an aromatic ring is 1. The first-order chi connectivity index (χ1) is 8.27. The molecule has 1 aliphatic rings. The van der Waals surface area contributed by atoms with Crippen molar-refractivity contribution in [3.63, 3.8) is 0 Å². The molecule has 17 heavy (non-hydrogen) atoms. The molecule has 0 aliphatic carbocycles. The summed E-state index contributed by atoms with van der Waals surface area (Å²) in [6.07, 6.45) is 6.48. The number of likely N-dealkylation sites (tertiary alicyclic amines) is 1. The van der Waals surface area contributed by atoms with Crippen molar-refractivity contribution >= 4 is 5.69 Å². The Morgan fingerprint density at radius 3 is 2.41 bits per heavy atom. The second-order valence-corrected chi connectivity index (χ2v) is 4.86. The lowest BCUT2D eigenvalue weighted by atomic mass is 10.1. The molecule has 0 unspecified atom stereocenters. The molecule has 1 aromatic rings. The molecule has 1 fully saturated rings. The number of para-hydroxylation sites is 1. The maximum atomic E-state index is 13.3. The number of hydrogen-bond acceptors (Lipinski definition) is 2. The second kappa shape index (κ2) is 6.01. The summed E-state index contributed by atoms with van der Waals surface area (Å²) in [6, 6.07) is 5.09. The van der Waals surface area contributed by atoms with Gasteiger partial charge in [-0.15, -0.1) is 0 Å². The molecule has 0 amide bonds. The number of nitrogens with zero attached hydrogens (tertiary/aromatic N) is 1. The molecule has 2 N–H and O–H groups in total. The predicted molar refractivity (Wildman–Crippen MR) is 69.2 cm³/mol. The van der Waals surface area contributed by atoms with E-state index in [1.54, 1.807) is 6.07 Å². The molecule has 0 bridgehead atoms. The van der Waals surface area contributed by atoms with E-state index in [-0.39, 0.29) is 5.82 Å². The average molecular weight is 236 g/mol. The minimum Gasteiger partial charge on any atom is -0.396 e. The molecular formula is C14H21FN2. The number of hydrogen-bond donors (Lipinski definition) is 1. The summed E-state index contributed by atoms with van der Waals surface area (Å²) in [6.45, 7) is 3.00. The molecule has 0 spiro atoms. The van der Waals surface area contributed by atoms with Gasteiger partial charge >= 0.3 is 0 Å². The Morgan fingerprint density at radius 2 is 1.71 bits per heavy atom. The number of nitrogens with two attached hydrogens (primary N) is 1. The van der Waals surface area contributed by atoms with E-state index in [0.717, 1.165) is 25.2 Å². The highest BCUT2D eigenvalue weighted by molar-refractivity contribution is 5.47. The monoisotopic (exact) mass is 236 g/mol. The summed E-state index contributed by atoms with van der Waals surface area (Å²) >= 11 is 0. The van der Waals surface area contributed by atoms with Gasteiger partial charge in [-0.2, -0.15) is 0 Å². The van der Waals surface area contributed by atoms with Crippen LogP contribution in [0.25, 0.3) is 0 Å². The number of benzene rings is 1. The molecule has 1 aromatic carbocycles. The van der Waals surface area contributed by atoms with Crippen LogP contribution in [0.1, 0.15) is 37.7 Å². The van der Waals surface area contributed by atoms with Crippen molar-refractivity contribution in [2.45, 2.75) is 38.6 Å². The molecule has 1 saturated heterocycles. The normalized spacial score (nSPS) is 18.6. The van der Waals surface area contributed by atoms with Crippen molar-refractivity contribution in [2.75, 3.05) is 18.8 Å². The Balaban J connectivity index is 2.00. The third-order valence-electron chi connectivity index (χ3n) is 3.49. The van der Waals surface area contributed by atoms with E-state index in [1.165, 1.54) is 38.2 Å². The summed E-state index contributed by atoms with van der Waals surface area (Å²) in [5, 5.41) is 0. The number of rotatable bonds is 2. The zero-order valence-electron chi connectivity index (χ0n) is 10.3. The first-order valence-electron chi connectivity index (χ1n) is 6.52. The smallest absolute Gasteiger partial charge is 0.146 e. The maximum absolute atomic E-state index is 13.3. The van der Waals surface area contributed by atoms with Gasteiger partial charge in [0.05, 0.1) is 5.69 Å². The summed E-state index contributed by atoms with van der Waals surface area (Å²) in [4.78, 5) is 2.39. The Labute approximate surface area is 103 Å². The summed E-state index contributed by atoms with van der Waals surface area (Å²) in [7, 11) is 0. The standard InChI is InChI=1S/C14H21FN2/c15-13-8-6-7-12(14(13)16)11-17-9-4-2-1-3-5-10-17/h6-8H,1-5,9-11,16H2. The van der Waals surface area contributed by atoms with Crippen LogP contribution in [0.5, 0.6) is 0 Å². The second-order valence-electron chi connectivity index (χ2n) is 4.86. The van der Waals surface area contributed by atoms with Crippen LogP contribution in [0.3, 0.4) is 0 Å². The Morgan fingerprint density at radius 1 is 1.06 bits per heavy atom. The molecule has 0 radical (unpaired) electrons. The van der Waals surface area contributed by atoms with Crippen molar-refractivity contribution in [1.82, 2.24) is 4.90 Å². The van der Waals surface area contributed by atoms with Gasteiger partial charge in [0.15, 0.2) is 0 Å². The van der Waals surface area contributed by atoms with E-state index in [2.05, 4.69) is 4.90 Å². The van der Waals surface area contributed by atoms with Crippen LogP contribution in [0.2, 0.25) is 0 Å². The van der Waals surface area contributed by atoms with Crippen molar-refractivity contribution in [3.8, 4) is 0 Å². The highest BCUT2D eigenvalue weighted by atomic mass is 19.1. The Bertz CT molecular complexity index is 357. The Kier molecular flexibility index (Phi) is 4.37. The number of anilines is 1. The summed E-state index contributed by atoms with van der Waals surface area (Å²) < 4.78 is 13.3. The van der Waals surface area contributed by atoms with Crippen molar-refractivity contribution in [1.29, 1.82) is 0 Å². The summed E-state index contributed by atoms with van der Waals surface area (Å²) in [5.74, 6) is -0.297.